The van der Waals surface area contributed by atoms with Crippen LogP contribution in [-0.2, 0) is 9.53 Å². The molecular weight excluding hydrogens is 388 g/mol. The summed E-state index contributed by atoms with van der Waals surface area (Å²) in [5, 5.41) is 0.0539. The molecule has 1 fully saturated rings. The van der Waals surface area contributed by atoms with Crippen LogP contribution in [0.15, 0.2) is 10.7 Å². The summed E-state index contributed by atoms with van der Waals surface area (Å²) in [6.45, 7) is 7.42. The van der Waals surface area contributed by atoms with Crippen LogP contribution in [0.2, 0.25) is 5.28 Å². The summed E-state index contributed by atoms with van der Waals surface area (Å²) in [6.07, 6.45) is 0.987. The first-order valence-electron chi connectivity index (χ1n) is 7.06. The Morgan fingerprint density at radius 2 is 2.13 bits per heavy atom. The molecule has 126 valence electrons. The third-order valence-electron chi connectivity index (χ3n) is 3.17. The Balaban J connectivity index is 2.18. The number of carbonyl (C=O) groups is 2. The van der Waals surface area contributed by atoms with Gasteiger partial charge in [0.25, 0.3) is 0 Å². The quantitative estimate of drug-likeness (QED) is 0.672. The fourth-order valence-corrected chi connectivity index (χ4v) is 2.68. The summed E-state index contributed by atoms with van der Waals surface area (Å²) in [5.41, 5.74) is -0.611. The van der Waals surface area contributed by atoms with Crippen molar-refractivity contribution in [2.45, 2.75) is 39.3 Å². The number of ether oxygens (including phenoxy) is 1. The lowest BCUT2D eigenvalue weighted by Gasteiger charge is -2.39. The van der Waals surface area contributed by atoms with Crippen molar-refractivity contribution < 1.29 is 14.3 Å². The van der Waals surface area contributed by atoms with Gasteiger partial charge < -0.3 is 4.74 Å². The third kappa shape index (κ3) is 4.32. The minimum absolute atomic E-state index is 0.0539. The lowest BCUT2D eigenvalue weighted by molar-refractivity contribution is -0.122. The number of hydrogen-bond acceptors (Lipinski definition) is 5. The average Bonchev–Trinajstić information content (AvgIpc) is 2.42. The van der Waals surface area contributed by atoms with E-state index in [0.717, 1.165) is 0 Å². The van der Waals surface area contributed by atoms with Crippen LogP contribution in [0, 0.1) is 0 Å². The minimum Gasteiger partial charge on any atom is -0.444 e. The van der Waals surface area contributed by atoms with Crippen LogP contribution in [-0.4, -0.2) is 51.6 Å². The number of carbonyl (C=O) groups excluding carboxylic acids is 2. The zero-order chi connectivity index (χ0) is 17.4. The van der Waals surface area contributed by atoms with Gasteiger partial charge in [0.2, 0.25) is 11.2 Å². The van der Waals surface area contributed by atoms with Crippen LogP contribution < -0.4 is 4.90 Å². The lowest BCUT2D eigenvalue weighted by atomic mass is 10.2. The molecule has 1 saturated heterocycles. The largest absolute Gasteiger partial charge is 0.444 e. The average molecular weight is 406 g/mol. The van der Waals surface area contributed by atoms with E-state index in [0.29, 0.717) is 16.8 Å². The number of piperazine rings is 1. The second-order valence-corrected chi connectivity index (χ2v) is 7.46. The van der Waals surface area contributed by atoms with Gasteiger partial charge in [0.1, 0.15) is 12.1 Å². The third-order valence-corrected chi connectivity index (χ3v) is 3.91. The molecule has 0 radical (unpaired) electrons. The van der Waals surface area contributed by atoms with E-state index in [9.17, 15) is 9.59 Å². The molecule has 1 aliphatic rings. The van der Waals surface area contributed by atoms with Crippen molar-refractivity contribution in [3.05, 3.63) is 16.0 Å². The molecule has 1 aromatic heterocycles. The van der Waals surface area contributed by atoms with Crippen molar-refractivity contribution in [3.63, 3.8) is 0 Å². The predicted molar refractivity (Wildman–Crippen MR) is 89.5 cm³/mol. The van der Waals surface area contributed by atoms with Gasteiger partial charge in [-0.25, -0.2) is 9.78 Å². The zero-order valence-electron chi connectivity index (χ0n) is 13.3. The highest BCUT2D eigenvalue weighted by Crippen LogP contribution is 2.27. The summed E-state index contributed by atoms with van der Waals surface area (Å²) in [6, 6.07) is -0.219. The fraction of sp³-hybridized carbons (Fsp3) is 0.571. The summed E-state index contributed by atoms with van der Waals surface area (Å²) >= 11 is 9.12. The molecule has 0 aromatic carbocycles. The Bertz CT molecular complexity index is 635. The molecular formula is C14H18BrClN4O3. The van der Waals surface area contributed by atoms with Crippen molar-refractivity contribution in [1.29, 1.82) is 0 Å². The Kier molecular flexibility index (Phi) is 5.15. The van der Waals surface area contributed by atoms with Crippen LogP contribution in [0.5, 0.6) is 0 Å². The van der Waals surface area contributed by atoms with E-state index in [1.165, 1.54) is 16.0 Å². The lowest BCUT2D eigenvalue weighted by Crippen LogP contribution is -2.58. The van der Waals surface area contributed by atoms with Crippen molar-refractivity contribution in [2.75, 3.05) is 18.0 Å². The first kappa shape index (κ1) is 17.9. The molecule has 9 heteroatoms. The number of halogens is 2. The van der Waals surface area contributed by atoms with Gasteiger partial charge in [-0.2, -0.15) is 4.98 Å². The first-order chi connectivity index (χ1) is 10.6. The Labute approximate surface area is 148 Å². The molecule has 0 aliphatic carbocycles. The molecule has 0 bridgehead atoms. The van der Waals surface area contributed by atoms with E-state index in [-0.39, 0.29) is 23.8 Å². The number of nitrogens with zero attached hydrogens (tertiary/aromatic N) is 4. The Morgan fingerprint density at radius 3 is 2.74 bits per heavy atom. The monoisotopic (exact) mass is 404 g/mol. The normalized spacial score (nSPS) is 19.0. The van der Waals surface area contributed by atoms with Gasteiger partial charge >= 0.3 is 6.09 Å². The number of rotatable bonds is 1. The molecule has 2 rings (SSSR count). The molecule has 2 heterocycles. The highest BCUT2D eigenvalue weighted by Gasteiger charge is 2.36. The molecule has 2 amide bonds. The summed E-state index contributed by atoms with van der Waals surface area (Å²) in [4.78, 5) is 35.5. The fourth-order valence-electron chi connectivity index (χ4n) is 2.15. The van der Waals surface area contributed by atoms with Crippen LogP contribution in [0.4, 0.5) is 10.6 Å². The maximum atomic E-state index is 12.4. The highest BCUT2D eigenvalue weighted by atomic mass is 79.9. The maximum absolute atomic E-state index is 12.4. The Hall–Kier alpha value is -1.41. The van der Waals surface area contributed by atoms with Gasteiger partial charge in [0, 0.05) is 12.7 Å². The number of aromatic nitrogens is 2. The van der Waals surface area contributed by atoms with Crippen LogP contribution in [0.25, 0.3) is 0 Å². The molecule has 7 nitrogen and oxygen atoms in total. The van der Waals surface area contributed by atoms with E-state index in [1.807, 2.05) is 6.92 Å². The second-order valence-electron chi connectivity index (χ2n) is 6.27. The molecule has 23 heavy (non-hydrogen) atoms. The molecule has 1 aliphatic heterocycles. The molecule has 0 spiro atoms. The van der Waals surface area contributed by atoms with Gasteiger partial charge in [0.05, 0.1) is 10.5 Å². The number of amides is 2. The standard InChI is InChI=1S/C14H18BrClN4O3/c1-8-6-20(11-9(15)5-17-12(16)18-11)10(21)7-19(8)13(22)23-14(2,3)4/h5,8H,6-7H2,1-4H3/t8-/m1/s1. The van der Waals surface area contributed by atoms with Crippen molar-refractivity contribution >= 4 is 45.3 Å². The van der Waals surface area contributed by atoms with Crippen LogP contribution >= 0.6 is 27.5 Å². The van der Waals surface area contributed by atoms with E-state index >= 15 is 0 Å². The number of hydrogen-bond donors (Lipinski definition) is 0. The highest BCUT2D eigenvalue weighted by molar-refractivity contribution is 9.10. The smallest absolute Gasteiger partial charge is 0.411 e. The zero-order valence-corrected chi connectivity index (χ0v) is 15.7. The van der Waals surface area contributed by atoms with Crippen LogP contribution in [0.3, 0.4) is 0 Å². The minimum atomic E-state index is -0.611. The van der Waals surface area contributed by atoms with Crippen molar-refractivity contribution in [3.8, 4) is 0 Å². The molecule has 0 unspecified atom stereocenters. The van der Waals surface area contributed by atoms with Gasteiger partial charge in [-0.3, -0.25) is 14.6 Å². The summed E-state index contributed by atoms with van der Waals surface area (Å²) in [5.74, 6) is 0.134. The molecule has 1 atom stereocenters. The topological polar surface area (TPSA) is 75.6 Å². The number of anilines is 1. The van der Waals surface area contributed by atoms with Crippen LogP contribution in [0.1, 0.15) is 27.7 Å². The predicted octanol–water partition coefficient (Wildman–Crippen LogP) is 2.86. The Morgan fingerprint density at radius 1 is 1.48 bits per heavy atom. The summed E-state index contributed by atoms with van der Waals surface area (Å²) in [7, 11) is 0. The first-order valence-corrected chi connectivity index (χ1v) is 8.23. The van der Waals surface area contributed by atoms with Gasteiger partial charge in [-0.05, 0) is 55.2 Å². The van der Waals surface area contributed by atoms with E-state index in [1.54, 1.807) is 20.8 Å². The molecule has 1 aromatic rings. The molecule has 0 saturated carbocycles. The SMILES string of the molecule is C[C@@H]1CN(c2nc(Cl)ncc2Br)C(=O)CN1C(=O)OC(C)(C)C. The van der Waals surface area contributed by atoms with Gasteiger partial charge in [-0.1, -0.05) is 0 Å². The second kappa shape index (κ2) is 6.60. The van der Waals surface area contributed by atoms with Crippen molar-refractivity contribution in [1.82, 2.24) is 14.9 Å². The van der Waals surface area contributed by atoms with E-state index < -0.39 is 11.7 Å². The van der Waals surface area contributed by atoms with E-state index in [4.69, 9.17) is 16.3 Å². The van der Waals surface area contributed by atoms with Gasteiger partial charge in [-0.15, -0.1) is 0 Å². The maximum Gasteiger partial charge on any atom is 0.411 e. The van der Waals surface area contributed by atoms with Crippen molar-refractivity contribution in [2.24, 2.45) is 0 Å². The van der Waals surface area contributed by atoms with Gasteiger partial charge in [0.15, 0.2) is 5.82 Å². The molecule has 0 N–H and O–H groups in total. The summed E-state index contributed by atoms with van der Waals surface area (Å²) < 4.78 is 5.90. The van der Waals surface area contributed by atoms with E-state index in [2.05, 4.69) is 25.9 Å².